The molecule has 1 aliphatic rings. The molecule has 0 amide bonds. The van der Waals surface area contributed by atoms with Gasteiger partial charge in [-0.15, -0.1) is 0 Å². The summed E-state index contributed by atoms with van der Waals surface area (Å²) >= 11 is 0.389. The number of hydrogen-bond donors (Lipinski definition) is 0. The van der Waals surface area contributed by atoms with Gasteiger partial charge in [-0.3, -0.25) is 0 Å². The Morgan fingerprint density at radius 1 is 1.12 bits per heavy atom. The summed E-state index contributed by atoms with van der Waals surface area (Å²) in [5, 5.41) is 12.6. The van der Waals surface area contributed by atoms with Gasteiger partial charge in [0.05, 0.1) is 0 Å². The summed E-state index contributed by atoms with van der Waals surface area (Å²) in [6.07, 6.45) is 1.09. The number of hydroxylamine groups is 2. The average Bonchev–Trinajstić information content (AvgIpc) is 2.61. The predicted molar refractivity (Wildman–Crippen MR) is 101 cm³/mol. The summed E-state index contributed by atoms with van der Waals surface area (Å²) in [6, 6.07) is 23.1. The van der Waals surface area contributed by atoms with Crippen LogP contribution in [-0.4, -0.2) is 32.2 Å². The van der Waals surface area contributed by atoms with Crippen molar-refractivity contribution in [2.75, 3.05) is 0 Å². The molecule has 0 N–H and O–H groups in total. The number of nitrogens with zero attached hydrogens (tertiary/aromatic N) is 2. The van der Waals surface area contributed by atoms with Crippen LogP contribution < -0.4 is 4.46 Å². The van der Waals surface area contributed by atoms with E-state index in [-0.39, 0.29) is 17.6 Å². The van der Waals surface area contributed by atoms with Crippen LogP contribution >= 0.6 is 0 Å². The molecule has 1 heterocycles. The van der Waals surface area contributed by atoms with E-state index in [0.717, 1.165) is 11.7 Å². The van der Waals surface area contributed by atoms with Crippen molar-refractivity contribution in [2.24, 2.45) is 5.41 Å². The fourth-order valence-electron chi connectivity index (χ4n) is 3.30. The van der Waals surface area contributed by atoms with E-state index in [9.17, 15) is 5.26 Å². The Bertz CT molecular complexity index is 712. The van der Waals surface area contributed by atoms with Crippen LogP contribution in [0.5, 0.6) is 0 Å². The SMILES string of the molecule is CC1(C)CC(C[Se]c2ccccc2)ON(Cc2ccccc2)C1C#N. The van der Waals surface area contributed by atoms with Crippen LogP contribution in [0, 0.1) is 16.7 Å². The number of rotatable bonds is 5. The molecule has 0 bridgehead atoms. The molecule has 4 heteroatoms. The quantitative estimate of drug-likeness (QED) is 0.722. The Morgan fingerprint density at radius 3 is 2.40 bits per heavy atom. The topological polar surface area (TPSA) is 36.3 Å². The number of hydrogen-bond acceptors (Lipinski definition) is 3. The van der Waals surface area contributed by atoms with Crippen molar-refractivity contribution in [3.8, 4) is 6.07 Å². The van der Waals surface area contributed by atoms with Gasteiger partial charge in [-0.05, 0) is 0 Å². The number of benzene rings is 2. The van der Waals surface area contributed by atoms with Crippen LogP contribution in [0.4, 0.5) is 0 Å². The third-order valence-corrected chi connectivity index (χ3v) is 6.95. The molecule has 1 saturated heterocycles. The van der Waals surface area contributed by atoms with Gasteiger partial charge in [0.1, 0.15) is 0 Å². The molecule has 25 heavy (non-hydrogen) atoms. The Labute approximate surface area is 156 Å². The average molecular weight is 399 g/mol. The minimum atomic E-state index is -0.229. The zero-order chi connectivity index (χ0) is 17.7. The molecule has 2 aromatic carbocycles. The summed E-state index contributed by atoms with van der Waals surface area (Å²) in [5.41, 5.74) is 1.09. The molecule has 130 valence electrons. The first-order valence-electron chi connectivity index (χ1n) is 8.63. The van der Waals surface area contributed by atoms with E-state index >= 15 is 0 Å². The standard InChI is InChI=1S/C21H24N2OSe/c1-21(2)13-18(16-25-19-11-7-4-8-12-19)24-23(20(21)14-22)15-17-9-5-3-6-10-17/h3-12,18,20H,13,15-16H2,1-2H3. The fraction of sp³-hybridized carbons (Fsp3) is 0.381. The van der Waals surface area contributed by atoms with Crippen molar-refractivity contribution >= 4 is 19.4 Å². The van der Waals surface area contributed by atoms with Crippen LogP contribution in [-0.2, 0) is 11.4 Å². The molecule has 3 rings (SSSR count). The van der Waals surface area contributed by atoms with Gasteiger partial charge in [0, 0.05) is 0 Å². The second kappa shape index (κ2) is 8.17. The molecule has 3 nitrogen and oxygen atoms in total. The van der Waals surface area contributed by atoms with E-state index in [4.69, 9.17) is 4.84 Å². The first-order chi connectivity index (χ1) is 12.1. The molecular weight excluding hydrogens is 375 g/mol. The maximum atomic E-state index is 9.70. The van der Waals surface area contributed by atoms with E-state index in [1.807, 2.05) is 23.3 Å². The third-order valence-electron chi connectivity index (χ3n) is 4.55. The van der Waals surface area contributed by atoms with Gasteiger partial charge >= 0.3 is 157 Å². The van der Waals surface area contributed by atoms with Crippen molar-refractivity contribution in [1.82, 2.24) is 5.06 Å². The summed E-state index contributed by atoms with van der Waals surface area (Å²) in [4.78, 5) is 6.28. The molecule has 0 spiro atoms. The van der Waals surface area contributed by atoms with E-state index in [1.165, 1.54) is 10.0 Å². The Morgan fingerprint density at radius 2 is 1.76 bits per heavy atom. The minimum absolute atomic E-state index is 0.0841. The van der Waals surface area contributed by atoms with Gasteiger partial charge in [0.2, 0.25) is 0 Å². The molecule has 1 fully saturated rings. The van der Waals surface area contributed by atoms with Crippen LogP contribution in [0.25, 0.3) is 0 Å². The maximum absolute atomic E-state index is 9.70. The number of nitriles is 1. The predicted octanol–water partition coefficient (Wildman–Crippen LogP) is 3.56. The van der Waals surface area contributed by atoms with Gasteiger partial charge in [-0.1, -0.05) is 0 Å². The monoisotopic (exact) mass is 400 g/mol. The zero-order valence-corrected chi connectivity index (χ0v) is 16.5. The first-order valence-corrected chi connectivity index (χ1v) is 10.7. The second-order valence-corrected chi connectivity index (χ2v) is 9.43. The Kier molecular flexibility index (Phi) is 5.93. The van der Waals surface area contributed by atoms with E-state index in [1.54, 1.807) is 0 Å². The molecule has 2 unspecified atom stereocenters. The van der Waals surface area contributed by atoms with Crippen molar-refractivity contribution in [3.63, 3.8) is 0 Å². The van der Waals surface area contributed by atoms with Crippen molar-refractivity contribution in [1.29, 1.82) is 5.26 Å². The fourth-order valence-corrected chi connectivity index (χ4v) is 5.21. The van der Waals surface area contributed by atoms with Crippen LogP contribution in [0.3, 0.4) is 0 Å². The van der Waals surface area contributed by atoms with E-state index in [2.05, 4.69) is 62.4 Å². The molecule has 0 aliphatic carbocycles. The van der Waals surface area contributed by atoms with Gasteiger partial charge in [0.15, 0.2) is 0 Å². The molecule has 0 radical (unpaired) electrons. The van der Waals surface area contributed by atoms with E-state index in [0.29, 0.717) is 21.5 Å². The summed E-state index contributed by atoms with van der Waals surface area (Å²) in [5.74, 6) is 0. The molecule has 0 aromatic heterocycles. The third kappa shape index (κ3) is 4.71. The summed E-state index contributed by atoms with van der Waals surface area (Å²) < 4.78 is 1.40. The molecule has 2 atom stereocenters. The van der Waals surface area contributed by atoms with Gasteiger partial charge in [-0.2, -0.15) is 0 Å². The van der Waals surface area contributed by atoms with Crippen LogP contribution in [0.2, 0.25) is 5.32 Å². The molecule has 0 saturated carbocycles. The van der Waals surface area contributed by atoms with Crippen molar-refractivity contribution in [3.05, 3.63) is 66.2 Å². The second-order valence-electron chi connectivity index (χ2n) is 7.14. The van der Waals surface area contributed by atoms with Crippen LogP contribution in [0.1, 0.15) is 25.8 Å². The first kappa shape index (κ1) is 18.2. The Balaban J connectivity index is 1.70. The Hall–Kier alpha value is -1.63. The summed E-state index contributed by atoms with van der Waals surface area (Å²) in [7, 11) is 0. The van der Waals surface area contributed by atoms with Crippen LogP contribution in [0.15, 0.2) is 60.7 Å². The van der Waals surface area contributed by atoms with Gasteiger partial charge in [-0.25, -0.2) is 0 Å². The summed E-state index contributed by atoms with van der Waals surface area (Å²) in [6.45, 7) is 5.02. The van der Waals surface area contributed by atoms with E-state index < -0.39 is 0 Å². The van der Waals surface area contributed by atoms with Gasteiger partial charge < -0.3 is 0 Å². The normalized spacial score (nSPS) is 23.1. The van der Waals surface area contributed by atoms with Gasteiger partial charge in [0.25, 0.3) is 0 Å². The molecule has 1 aliphatic heterocycles. The van der Waals surface area contributed by atoms with Crippen molar-refractivity contribution in [2.45, 2.75) is 44.3 Å². The zero-order valence-electron chi connectivity index (χ0n) is 14.8. The molecular formula is C21H24N2OSe. The molecule has 2 aromatic rings. The van der Waals surface area contributed by atoms with Crippen molar-refractivity contribution < 1.29 is 4.84 Å².